The van der Waals surface area contributed by atoms with E-state index in [-0.39, 0.29) is 5.91 Å². The molecule has 0 fully saturated rings. The molecule has 1 N–H and O–H groups in total. The van der Waals surface area contributed by atoms with Gasteiger partial charge in [0, 0.05) is 16.8 Å². The first-order valence-electron chi connectivity index (χ1n) is 10.1. The monoisotopic (exact) mass is 402 g/mol. The standard InChI is InChI=1S/C25H26N2OS/c1-16-12-13-20-21(14-16)29-25(26-15-19-10-5-4-6-11-19)22(20)24(28)27-23-17(2)8-7-9-18(23)3/h4-11,15-16H,12-14H2,1-3H3,(H,27,28)/t16-/m1/s1. The zero-order valence-corrected chi connectivity index (χ0v) is 18.0. The van der Waals surface area contributed by atoms with Crippen molar-refractivity contribution in [3.63, 3.8) is 0 Å². The van der Waals surface area contributed by atoms with Gasteiger partial charge in [0.1, 0.15) is 5.00 Å². The molecule has 0 unspecified atom stereocenters. The summed E-state index contributed by atoms with van der Waals surface area (Å²) in [7, 11) is 0. The molecular weight excluding hydrogens is 376 g/mol. The van der Waals surface area contributed by atoms with Gasteiger partial charge in [-0.3, -0.25) is 4.79 Å². The van der Waals surface area contributed by atoms with Crippen LogP contribution in [0.1, 0.15) is 50.8 Å². The van der Waals surface area contributed by atoms with Gasteiger partial charge in [-0.1, -0.05) is 55.5 Å². The molecule has 1 aliphatic carbocycles. The molecule has 0 saturated carbocycles. The summed E-state index contributed by atoms with van der Waals surface area (Å²) in [6.07, 6.45) is 4.96. The van der Waals surface area contributed by atoms with Crippen LogP contribution in [0.3, 0.4) is 0 Å². The average molecular weight is 403 g/mol. The lowest BCUT2D eigenvalue weighted by Gasteiger charge is -2.19. The number of aryl methyl sites for hydroxylation is 2. The lowest BCUT2D eigenvalue weighted by Crippen LogP contribution is -2.17. The Hall–Kier alpha value is -2.72. The van der Waals surface area contributed by atoms with Gasteiger partial charge >= 0.3 is 0 Å². The number of carbonyl (C=O) groups excluding carboxylic acids is 1. The molecule has 2 aromatic carbocycles. The highest BCUT2D eigenvalue weighted by atomic mass is 32.1. The van der Waals surface area contributed by atoms with Gasteiger partial charge in [-0.15, -0.1) is 11.3 Å². The maximum Gasteiger partial charge on any atom is 0.259 e. The number of rotatable bonds is 4. The van der Waals surface area contributed by atoms with Crippen LogP contribution in [0.15, 0.2) is 53.5 Å². The number of hydrogen-bond acceptors (Lipinski definition) is 3. The number of aliphatic imine (C=N–C) groups is 1. The maximum absolute atomic E-state index is 13.4. The number of hydrogen-bond donors (Lipinski definition) is 1. The quantitative estimate of drug-likeness (QED) is 0.498. The second-order valence-electron chi connectivity index (χ2n) is 7.92. The second-order valence-corrected chi connectivity index (χ2v) is 9.01. The number of fused-ring (bicyclic) bond motifs is 1. The first-order valence-corrected chi connectivity index (χ1v) is 11.0. The third-order valence-electron chi connectivity index (χ3n) is 5.57. The van der Waals surface area contributed by atoms with Crippen molar-refractivity contribution in [1.82, 2.24) is 0 Å². The van der Waals surface area contributed by atoms with Crippen LogP contribution in [0.4, 0.5) is 10.7 Å². The number of thiophene rings is 1. The molecule has 0 radical (unpaired) electrons. The van der Waals surface area contributed by atoms with E-state index in [0.29, 0.717) is 5.92 Å². The van der Waals surface area contributed by atoms with Crippen molar-refractivity contribution in [2.24, 2.45) is 10.9 Å². The predicted octanol–water partition coefficient (Wildman–Crippen LogP) is 6.49. The van der Waals surface area contributed by atoms with Crippen molar-refractivity contribution in [2.75, 3.05) is 5.32 Å². The Morgan fingerprint density at radius 3 is 2.55 bits per heavy atom. The van der Waals surface area contributed by atoms with E-state index in [9.17, 15) is 4.79 Å². The van der Waals surface area contributed by atoms with E-state index < -0.39 is 0 Å². The molecule has 29 heavy (non-hydrogen) atoms. The van der Waals surface area contributed by atoms with Crippen molar-refractivity contribution in [3.8, 4) is 0 Å². The lowest BCUT2D eigenvalue weighted by atomic mass is 9.88. The molecule has 3 nitrogen and oxygen atoms in total. The van der Waals surface area contributed by atoms with Crippen LogP contribution in [-0.4, -0.2) is 12.1 Å². The minimum Gasteiger partial charge on any atom is -0.321 e. The second kappa shape index (κ2) is 8.34. The average Bonchev–Trinajstić information content (AvgIpc) is 3.07. The molecule has 3 aromatic rings. The Morgan fingerprint density at radius 2 is 1.83 bits per heavy atom. The van der Waals surface area contributed by atoms with Gasteiger partial charge in [0.05, 0.1) is 5.56 Å². The van der Waals surface area contributed by atoms with E-state index >= 15 is 0 Å². The third-order valence-corrected chi connectivity index (χ3v) is 6.73. The van der Waals surface area contributed by atoms with E-state index in [1.165, 1.54) is 10.4 Å². The zero-order chi connectivity index (χ0) is 20.4. The van der Waals surface area contributed by atoms with Gasteiger partial charge in [0.25, 0.3) is 5.91 Å². The van der Waals surface area contributed by atoms with Crippen molar-refractivity contribution in [2.45, 2.75) is 40.0 Å². The van der Waals surface area contributed by atoms with E-state index in [4.69, 9.17) is 4.99 Å². The number of carbonyl (C=O) groups is 1. The molecule has 1 amide bonds. The maximum atomic E-state index is 13.4. The Kier molecular flexibility index (Phi) is 5.63. The summed E-state index contributed by atoms with van der Waals surface area (Å²) < 4.78 is 0. The van der Waals surface area contributed by atoms with Crippen LogP contribution >= 0.6 is 11.3 Å². The summed E-state index contributed by atoms with van der Waals surface area (Å²) in [5.74, 6) is 0.608. The summed E-state index contributed by atoms with van der Waals surface area (Å²) >= 11 is 1.67. The third kappa shape index (κ3) is 4.18. The molecule has 0 aliphatic heterocycles. The lowest BCUT2D eigenvalue weighted by molar-refractivity contribution is 0.102. The molecule has 4 rings (SSSR count). The molecule has 0 spiro atoms. The van der Waals surface area contributed by atoms with Gasteiger partial charge in [-0.2, -0.15) is 0 Å². The van der Waals surface area contributed by atoms with Gasteiger partial charge in [0.15, 0.2) is 0 Å². The summed E-state index contributed by atoms with van der Waals surface area (Å²) in [6, 6.07) is 16.1. The van der Waals surface area contributed by atoms with Crippen LogP contribution < -0.4 is 5.32 Å². The Bertz CT molecular complexity index is 1050. The predicted molar refractivity (Wildman–Crippen MR) is 123 cm³/mol. The highest BCUT2D eigenvalue weighted by molar-refractivity contribution is 7.16. The molecule has 1 aromatic heterocycles. The van der Waals surface area contributed by atoms with Crippen molar-refractivity contribution in [3.05, 3.63) is 81.2 Å². The fourth-order valence-electron chi connectivity index (χ4n) is 3.92. The Morgan fingerprint density at radius 1 is 1.10 bits per heavy atom. The fourth-order valence-corrected chi connectivity index (χ4v) is 5.27. The molecule has 0 saturated heterocycles. The topological polar surface area (TPSA) is 41.5 Å². The number of amides is 1. The molecule has 1 aliphatic rings. The molecule has 1 heterocycles. The normalized spacial score (nSPS) is 16.0. The van der Waals surface area contributed by atoms with Gasteiger partial charge in [-0.25, -0.2) is 4.99 Å². The number of nitrogens with zero attached hydrogens (tertiary/aromatic N) is 1. The van der Waals surface area contributed by atoms with Gasteiger partial charge < -0.3 is 5.32 Å². The van der Waals surface area contributed by atoms with Crippen LogP contribution in [0.2, 0.25) is 0 Å². The smallest absolute Gasteiger partial charge is 0.259 e. The summed E-state index contributed by atoms with van der Waals surface area (Å²) in [5.41, 5.74) is 6.03. The van der Waals surface area contributed by atoms with E-state index in [2.05, 4.69) is 12.2 Å². The molecule has 148 valence electrons. The Labute approximate surface area is 176 Å². The van der Waals surface area contributed by atoms with Crippen LogP contribution in [0.25, 0.3) is 0 Å². The summed E-state index contributed by atoms with van der Waals surface area (Å²) in [4.78, 5) is 19.4. The van der Waals surface area contributed by atoms with Gasteiger partial charge in [0.2, 0.25) is 0 Å². The largest absolute Gasteiger partial charge is 0.321 e. The van der Waals surface area contributed by atoms with Crippen LogP contribution in [0, 0.1) is 19.8 Å². The number of anilines is 1. The zero-order valence-electron chi connectivity index (χ0n) is 17.2. The minimum absolute atomic E-state index is 0.0466. The number of para-hydroxylation sites is 1. The first kappa shape index (κ1) is 19.6. The molecular formula is C25H26N2OS. The number of benzene rings is 2. The molecule has 4 heteroatoms. The van der Waals surface area contributed by atoms with Crippen molar-refractivity contribution in [1.29, 1.82) is 0 Å². The van der Waals surface area contributed by atoms with Crippen molar-refractivity contribution < 1.29 is 4.79 Å². The van der Waals surface area contributed by atoms with E-state index in [1.54, 1.807) is 11.3 Å². The van der Waals surface area contributed by atoms with E-state index in [0.717, 1.165) is 52.2 Å². The van der Waals surface area contributed by atoms with E-state index in [1.807, 2.05) is 68.6 Å². The summed E-state index contributed by atoms with van der Waals surface area (Å²) in [5, 5.41) is 3.99. The molecule has 1 atom stereocenters. The van der Waals surface area contributed by atoms with Crippen LogP contribution in [0.5, 0.6) is 0 Å². The van der Waals surface area contributed by atoms with Crippen molar-refractivity contribution >= 4 is 34.1 Å². The highest BCUT2D eigenvalue weighted by Gasteiger charge is 2.27. The minimum atomic E-state index is -0.0466. The highest BCUT2D eigenvalue weighted by Crippen LogP contribution is 2.41. The molecule has 0 bridgehead atoms. The SMILES string of the molecule is Cc1cccc(C)c1NC(=O)c1c(N=Cc2ccccc2)sc2c1CC[C@@H](C)C2. The Balaban J connectivity index is 1.72. The number of nitrogens with one attached hydrogen (secondary N) is 1. The van der Waals surface area contributed by atoms with Gasteiger partial charge in [-0.05, 0) is 61.3 Å². The van der Waals surface area contributed by atoms with Crippen LogP contribution in [-0.2, 0) is 12.8 Å². The summed E-state index contributed by atoms with van der Waals surface area (Å²) in [6.45, 7) is 6.34. The fraction of sp³-hybridized carbons (Fsp3) is 0.280. The first-order chi connectivity index (χ1) is 14.0.